The van der Waals surface area contributed by atoms with Crippen molar-refractivity contribution in [3.63, 3.8) is 0 Å². The van der Waals surface area contributed by atoms with E-state index in [1.165, 1.54) is 0 Å². The Kier molecular flexibility index (Phi) is 5.53. The van der Waals surface area contributed by atoms with Crippen molar-refractivity contribution in [3.8, 4) is 0 Å². The number of hydrogen-bond donors (Lipinski definition) is 0. The molecule has 0 N–H and O–H groups in total. The van der Waals surface area contributed by atoms with Crippen molar-refractivity contribution < 1.29 is 13.2 Å². The predicted molar refractivity (Wildman–Crippen MR) is 89.1 cm³/mol. The van der Waals surface area contributed by atoms with E-state index < -0.39 is 9.84 Å². The highest BCUT2D eigenvalue weighted by Crippen LogP contribution is 2.24. The molecule has 1 saturated heterocycles. The van der Waals surface area contributed by atoms with E-state index in [4.69, 9.17) is 23.2 Å². The number of rotatable bonds is 5. The molecule has 1 aromatic carbocycles. The average Bonchev–Trinajstić information content (AvgIpc) is 2.80. The van der Waals surface area contributed by atoms with Gasteiger partial charge in [0.1, 0.15) is 0 Å². The summed E-state index contributed by atoms with van der Waals surface area (Å²) in [5.41, 5.74) is 0.745. The standard InChI is InChI=1S/C15H17Cl2NO3S/c1-2-6-18(12-5-7-22(20,21)10-12)15(19)9-11-3-4-13(16)14(17)8-11/h2-4,8,12H,1,5-7,9-10H2. The Labute approximate surface area is 140 Å². The van der Waals surface area contributed by atoms with Gasteiger partial charge < -0.3 is 4.90 Å². The van der Waals surface area contributed by atoms with Gasteiger partial charge in [0.2, 0.25) is 5.91 Å². The Morgan fingerprint density at radius 1 is 1.36 bits per heavy atom. The molecule has 0 bridgehead atoms. The van der Waals surface area contributed by atoms with Crippen LogP contribution >= 0.6 is 23.2 Å². The Morgan fingerprint density at radius 3 is 2.64 bits per heavy atom. The van der Waals surface area contributed by atoms with Crippen LogP contribution in [0.4, 0.5) is 0 Å². The first-order valence-corrected chi connectivity index (χ1v) is 9.45. The average molecular weight is 362 g/mol. The van der Waals surface area contributed by atoms with Gasteiger partial charge in [-0.2, -0.15) is 0 Å². The van der Waals surface area contributed by atoms with Gasteiger partial charge in [0.25, 0.3) is 0 Å². The molecule has 22 heavy (non-hydrogen) atoms. The van der Waals surface area contributed by atoms with Crippen LogP contribution in [0.15, 0.2) is 30.9 Å². The van der Waals surface area contributed by atoms with Gasteiger partial charge in [0.15, 0.2) is 9.84 Å². The molecule has 7 heteroatoms. The van der Waals surface area contributed by atoms with E-state index in [9.17, 15) is 13.2 Å². The molecule has 1 aliphatic rings. The summed E-state index contributed by atoms with van der Waals surface area (Å²) in [6, 6.07) is 4.76. The summed E-state index contributed by atoms with van der Waals surface area (Å²) in [6.45, 7) is 3.98. The first-order valence-electron chi connectivity index (χ1n) is 6.87. The Hall–Kier alpha value is -1.04. The lowest BCUT2D eigenvalue weighted by atomic mass is 10.1. The Bertz CT molecular complexity index is 688. The number of nitrogens with zero attached hydrogens (tertiary/aromatic N) is 1. The van der Waals surface area contributed by atoms with Gasteiger partial charge in [-0.1, -0.05) is 35.3 Å². The molecule has 0 radical (unpaired) electrons. The third kappa shape index (κ3) is 4.24. The minimum atomic E-state index is -3.04. The Morgan fingerprint density at radius 2 is 2.09 bits per heavy atom. The highest BCUT2D eigenvalue weighted by Gasteiger charge is 2.33. The van der Waals surface area contributed by atoms with Crippen LogP contribution in [0, 0.1) is 0 Å². The van der Waals surface area contributed by atoms with Gasteiger partial charge in [-0.3, -0.25) is 4.79 Å². The predicted octanol–water partition coefficient (Wildman–Crippen LogP) is 2.74. The van der Waals surface area contributed by atoms with Crippen LogP contribution in [0.5, 0.6) is 0 Å². The second-order valence-corrected chi connectivity index (χ2v) is 8.36. The molecule has 1 aliphatic heterocycles. The second-order valence-electron chi connectivity index (χ2n) is 5.32. The minimum absolute atomic E-state index is 0.0218. The van der Waals surface area contributed by atoms with Crippen LogP contribution in [0.1, 0.15) is 12.0 Å². The third-order valence-corrected chi connectivity index (χ3v) is 6.12. The smallest absolute Gasteiger partial charge is 0.227 e. The molecule has 1 unspecified atom stereocenters. The molecule has 1 atom stereocenters. The van der Waals surface area contributed by atoms with E-state index >= 15 is 0 Å². The second kappa shape index (κ2) is 7.02. The number of sulfone groups is 1. The molecule has 1 heterocycles. The lowest BCUT2D eigenvalue weighted by Crippen LogP contribution is -2.42. The lowest BCUT2D eigenvalue weighted by molar-refractivity contribution is -0.131. The number of amides is 1. The third-order valence-electron chi connectivity index (χ3n) is 3.63. The summed E-state index contributed by atoms with van der Waals surface area (Å²) >= 11 is 11.8. The molecule has 1 fully saturated rings. The van der Waals surface area contributed by atoms with Crippen LogP contribution in [-0.4, -0.2) is 43.3 Å². The van der Waals surface area contributed by atoms with Crippen molar-refractivity contribution in [2.45, 2.75) is 18.9 Å². The molecule has 120 valence electrons. The Balaban J connectivity index is 2.12. The van der Waals surface area contributed by atoms with Crippen molar-refractivity contribution in [1.82, 2.24) is 4.90 Å². The molecular weight excluding hydrogens is 345 g/mol. The quantitative estimate of drug-likeness (QED) is 0.757. The minimum Gasteiger partial charge on any atom is -0.335 e. The number of carbonyl (C=O) groups excluding carboxylic acids is 1. The molecular formula is C15H17Cl2NO3S. The van der Waals surface area contributed by atoms with Crippen LogP contribution in [0.3, 0.4) is 0 Å². The maximum absolute atomic E-state index is 12.5. The van der Waals surface area contributed by atoms with Crippen LogP contribution in [0.2, 0.25) is 10.0 Å². The van der Waals surface area contributed by atoms with Crippen LogP contribution in [0.25, 0.3) is 0 Å². The van der Waals surface area contributed by atoms with E-state index in [-0.39, 0.29) is 29.9 Å². The summed E-state index contributed by atoms with van der Waals surface area (Å²) in [5, 5.41) is 0.827. The first kappa shape index (κ1) is 17.3. The fourth-order valence-electron chi connectivity index (χ4n) is 2.54. The zero-order valence-corrected chi connectivity index (χ0v) is 14.3. The fraction of sp³-hybridized carbons (Fsp3) is 0.400. The summed E-state index contributed by atoms with van der Waals surface area (Å²) in [7, 11) is -3.04. The van der Waals surface area contributed by atoms with Crippen molar-refractivity contribution in [3.05, 3.63) is 46.5 Å². The molecule has 0 aliphatic carbocycles. The SMILES string of the molecule is C=CCN(C(=O)Cc1ccc(Cl)c(Cl)c1)C1CCS(=O)(=O)C1. The van der Waals surface area contributed by atoms with Gasteiger partial charge in [-0.05, 0) is 24.1 Å². The molecule has 0 spiro atoms. The molecule has 4 nitrogen and oxygen atoms in total. The number of carbonyl (C=O) groups is 1. The van der Waals surface area contributed by atoms with Crippen LogP contribution < -0.4 is 0 Å². The fourth-order valence-corrected chi connectivity index (χ4v) is 4.59. The highest BCUT2D eigenvalue weighted by molar-refractivity contribution is 7.91. The first-order chi connectivity index (χ1) is 10.3. The largest absolute Gasteiger partial charge is 0.335 e. The molecule has 1 amide bonds. The number of hydrogen-bond acceptors (Lipinski definition) is 3. The summed E-state index contributed by atoms with van der Waals surface area (Å²) < 4.78 is 23.2. The molecule has 0 aromatic heterocycles. The van der Waals surface area contributed by atoms with E-state index in [1.54, 1.807) is 29.2 Å². The lowest BCUT2D eigenvalue weighted by Gasteiger charge is -2.27. The van der Waals surface area contributed by atoms with E-state index in [1.807, 2.05) is 0 Å². The topological polar surface area (TPSA) is 54.5 Å². The van der Waals surface area contributed by atoms with E-state index in [0.717, 1.165) is 5.56 Å². The van der Waals surface area contributed by atoms with Gasteiger partial charge in [0, 0.05) is 12.6 Å². The zero-order valence-electron chi connectivity index (χ0n) is 12.0. The van der Waals surface area contributed by atoms with Gasteiger partial charge in [-0.15, -0.1) is 6.58 Å². The van der Waals surface area contributed by atoms with Gasteiger partial charge in [0.05, 0.1) is 28.0 Å². The molecule has 2 rings (SSSR count). The zero-order chi connectivity index (χ0) is 16.3. The molecule has 0 saturated carbocycles. The highest BCUT2D eigenvalue weighted by atomic mass is 35.5. The maximum atomic E-state index is 12.5. The molecule has 1 aromatic rings. The normalized spacial score (nSPS) is 19.8. The van der Waals surface area contributed by atoms with Crippen molar-refractivity contribution in [1.29, 1.82) is 0 Å². The van der Waals surface area contributed by atoms with E-state index in [0.29, 0.717) is 23.0 Å². The monoisotopic (exact) mass is 361 g/mol. The summed E-state index contributed by atoms with van der Waals surface area (Å²) in [5.74, 6) is 0.0136. The van der Waals surface area contributed by atoms with Crippen LogP contribution in [-0.2, 0) is 21.1 Å². The summed E-state index contributed by atoms with van der Waals surface area (Å²) in [6.07, 6.45) is 2.24. The van der Waals surface area contributed by atoms with Gasteiger partial charge >= 0.3 is 0 Å². The van der Waals surface area contributed by atoms with Crippen molar-refractivity contribution in [2.24, 2.45) is 0 Å². The van der Waals surface area contributed by atoms with Crippen molar-refractivity contribution >= 4 is 38.9 Å². The van der Waals surface area contributed by atoms with Crippen molar-refractivity contribution in [2.75, 3.05) is 18.1 Å². The number of halogens is 2. The van der Waals surface area contributed by atoms with Gasteiger partial charge in [-0.25, -0.2) is 8.42 Å². The maximum Gasteiger partial charge on any atom is 0.227 e. The summed E-state index contributed by atoms with van der Waals surface area (Å²) in [4.78, 5) is 14.1. The van der Waals surface area contributed by atoms with E-state index in [2.05, 4.69) is 6.58 Å². The number of benzene rings is 1.